The van der Waals surface area contributed by atoms with Crippen molar-refractivity contribution in [2.24, 2.45) is 14.1 Å². The molecule has 2 aromatic heterocycles. The Kier molecular flexibility index (Phi) is 3.52. The first kappa shape index (κ1) is 12.9. The fourth-order valence-corrected chi connectivity index (χ4v) is 2.39. The van der Waals surface area contributed by atoms with Gasteiger partial charge in [0.25, 0.3) is 0 Å². The maximum Gasteiger partial charge on any atom is 0.123 e. The van der Waals surface area contributed by atoms with Gasteiger partial charge in [0.15, 0.2) is 0 Å². The molecule has 0 bridgehead atoms. The lowest BCUT2D eigenvalue weighted by molar-refractivity contribution is 0.623. The predicted molar refractivity (Wildman–Crippen MR) is 79.3 cm³/mol. The van der Waals surface area contributed by atoms with Crippen molar-refractivity contribution in [1.29, 1.82) is 0 Å². The van der Waals surface area contributed by atoms with E-state index in [9.17, 15) is 0 Å². The van der Waals surface area contributed by atoms with Crippen LogP contribution < -0.4 is 5.32 Å². The number of imidazole rings is 2. The molecule has 2 heterocycles. The highest BCUT2D eigenvalue weighted by Gasteiger charge is 2.06. The van der Waals surface area contributed by atoms with Crippen LogP contribution in [0.15, 0.2) is 36.7 Å². The summed E-state index contributed by atoms with van der Waals surface area (Å²) in [5, 5.41) is 3.43. The second kappa shape index (κ2) is 5.46. The molecule has 1 N–H and O–H groups in total. The third kappa shape index (κ3) is 2.44. The van der Waals surface area contributed by atoms with Gasteiger partial charge in [-0.05, 0) is 12.1 Å². The summed E-state index contributed by atoms with van der Waals surface area (Å²) in [5.74, 6) is 2.16. The molecule has 0 atom stereocenters. The van der Waals surface area contributed by atoms with Gasteiger partial charge in [-0.2, -0.15) is 0 Å². The zero-order valence-corrected chi connectivity index (χ0v) is 11.9. The molecule has 0 radical (unpaired) electrons. The van der Waals surface area contributed by atoms with Crippen molar-refractivity contribution in [3.63, 3.8) is 0 Å². The van der Waals surface area contributed by atoms with Crippen molar-refractivity contribution in [1.82, 2.24) is 24.4 Å². The van der Waals surface area contributed by atoms with Gasteiger partial charge in [0.05, 0.1) is 17.6 Å². The van der Waals surface area contributed by atoms with Crippen LogP contribution in [0.1, 0.15) is 11.6 Å². The van der Waals surface area contributed by atoms with Crippen LogP contribution in [0.2, 0.25) is 0 Å². The van der Waals surface area contributed by atoms with E-state index in [1.54, 1.807) is 0 Å². The van der Waals surface area contributed by atoms with Crippen LogP contribution in [0.3, 0.4) is 0 Å². The van der Waals surface area contributed by atoms with Crippen LogP contribution in [0.5, 0.6) is 0 Å². The van der Waals surface area contributed by atoms with Gasteiger partial charge >= 0.3 is 0 Å². The van der Waals surface area contributed by atoms with Crippen LogP contribution in [0, 0.1) is 0 Å². The molecule has 5 nitrogen and oxygen atoms in total. The third-order valence-electron chi connectivity index (χ3n) is 3.61. The first-order chi connectivity index (χ1) is 9.75. The molecular weight excluding hydrogens is 250 g/mol. The van der Waals surface area contributed by atoms with Gasteiger partial charge in [0, 0.05) is 39.5 Å². The van der Waals surface area contributed by atoms with Crippen molar-refractivity contribution in [3.8, 4) is 0 Å². The fraction of sp³-hybridized carbons (Fsp3) is 0.333. The summed E-state index contributed by atoms with van der Waals surface area (Å²) in [4.78, 5) is 8.96. The van der Waals surface area contributed by atoms with Crippen LogP contribution >= 0.6 is 0 Å². The summed E-state index contributed by atoms with van der Waals surface area (Å²) in [6, 6.07) is 8.21. The molecule has 104 valence electrons. The average molecular weight is 269 g/mol. The van der Waals surface area contributed by atoms with E-state index >= 15 is 0 Å². The van der Waals surface area contributed by atoms with E-state index < -0.39 is 0 Å². The molecule has 1 aromatic carbocycles. The van der Waals surface area contributed by atoms with Crippen molar-refractivity contribution < 1.29 is 0 Å². The van der Waals surface area contributed by atoms with Gasteiger partial charge in [0.2, 0.25) is 0 Å². The Bertz CT molecular complexity index is 710. The Morgan fingerprint density at radius 2 is 2.00 bits per heavy atom. The average Bonchev–Trinajstić information content (AvgIpc) is 3.00. The molecule has 0 aliphatic carbocycles. The van der Waals surface area contributed by atoms with Gasteiger partial charge in [-0.15, -0.1) is 0 Å². The Balaban J connectivity index is 1.60. The maximum atomic E-state index is 4.64. The van der Waals surface area contributed by atoms with E-state index in [2.05, 4.69) is 37.5 Å². The van der Waals surface area contributed by atoms with E-state index in [1.165, 1.54) is 5.52 Å². The molecule has 0 fully saturated rings. The van der Waals surface area contributed by atoms with Crippen molar-refractivity contribution in [2.75, 3.05) is 6.54 Å². The van der Waals surface area contributed by atoms with Crippen LogP contribution in [0.4, 0.5) is 0 Å². The Morgan fingerprint density at radius 3 is 2.75 bits per heavy atom. The summed E-state index contributed by atoms with van der Waals surface area (Å²) in [6.07, 6.45) is 4.73. The normalized spacial score (nSPS) is 11.3. The van der Waals surface area contributed by atoms with E-state index in [-0.39, 0.29) is 0 Å². The summed E-state index contributed by atoms with van der Waals surface area (Å²) in [5.41, 5.74) is 2.23. The second-order valence-corrected chi connectivity index (χ2v) is 4.96. The lowest BCUT2D eigenvalue weighted by atomic mass is 10.3. The number of hydrogen-bond acceptors (Lipinski definition) is 3. The summed E-state index contributed by atoms with van der Waals surface area (Å²) in [6.45, 7) is 1.67. The molecule has 0 spiro atoms. The smallest absolute Gasteiger partial charge is 0.123 e. The number of aromatic nitrogens is 4. The number of benzene rings is 1. The molecule has 20 heavy (non-hydrogen) atoms. The molecule has 0 amide bonds. The number of nitrogens with one attached hydrogen (secondary N) is 1. The third-order valence-corrected chi connectivity index (χ3v) is 3.61. The SMILES string of the molecule is Cn1ccnc1CCNCc1nc2ccccc2n1C. The van der Waals surface area contributed by atoms with E-state index in [4.69, 9.17) is 0 Å². The standard InChI is InChI=1S/C15H19N5/c1-19-10-9-17-14(19)7-8-16-11-15-18-12-5-3-4-6-13(12)20(15)2/h3-6,9-10,16H,7-8,11H2,1-2H3. The lowest BCUT2D eigenvalue weighted by Gasteiger charge is -2.05. The van der Waals surface area contributed by atoms with Crippen LogP contribution in [0.25, 0.3) is 11.0 Å². The topological polar surface area (TPSA) is 47.7 Å². The van der Waals surface area contributed by atoms with Gasteiger partial charge in [0.1, 0.15) is 11.6 Å². The Hall–Kier alpha value is -2.14. The zero-order valence-electron chi connectivity index (χ0n) is 11.9. The van der Waals surface area contributed by atoms with Crippen LogP contribution in [-0.4, -0.2) is 25.6 Å². The fourth-order valence-electron chi connectivity index (χ4n) is 2.39. The molecule has 5 heteroatoms. The maximum absolute atomic E-state index is 4.64. The minimum Gasteiger partial charge on any atom is -0.338 e. The summed E-state index contributed by atoms with van der Waals surface area (Å²) in [7, 11) is 4.08. The molecule has 0 aliphatic heterocycles. The number of rotatable bonds is 5. The Morgan fingerprint density at radius 1 is 1.15 bits per heavy atom. The number of hydrogen-bond donors (Lipinski definition) is 1. The minimum absolute atomic E-state index is 0.773. The highest BCUT2D eigenvalue weighted by Crippen LogP contribution is 2.13. The monoisotopic (exact) mass is 269 g/mol. The first-order valence-corrected chi connectivity index (χ1v) is 6.83. The van der Waals surface area contributed by atoms with E-state index in [0.29, 0.717) is 0 Å². The predicted octanol–water partition coefficient (Wildman–Crippen LogP) is 1.64. The van der Waals surface area contributed by atoms with Gasteiger partial charge in [-0.25, -0.2) is 9.97 Å². The summed E-state index contributed by atoms with van der Waals surface area (Å²) < 4.78 is 4.19. The lowest BCUT2D eigenvalue weighted by Crippen LogP contribution is -2.20. The number of fused-ring (bicyclic) bond motifs is 1. The largest absolute Gasteiger partial charge is 0.338 e. The highest BCUT2D eigenvalue weighted by atomic mass is 15.1. The first-order valence-electron chi connectivity index (χ1n) is 6.83. The number of para-hydroxylation sites is 2. The quantitative estimate of drug-likeness (QED) is 0.716. The van der Waals surface area contributed by atoms with Crippen molar-refractivity contribution in [3.05, 3.63) is 48.3 Å². The van der Waals surface area contributed by atoms with E-state index in [0.717, 1.165) is 36.7 Å². The highest BCUT2D eigenvalue weighted by molar-refractivity contribution is 5.75. The van der Waals surface area contributed by atoms with Crippen molar-refractivity contribution >= 4 is 11.0 Å². The molecule has 0 unspecified atom stereocenters. The molecule has 0 saturated heterocycles. The molecular formula is C15H19N5. The molecule has 0 aliphatic rings. The molecule has 3 aromatic rings. The second-order valence-electron chi connectivity index (χ2n) is 4.96. The number of aryl methyl sites for hydroxylation is 2. The van der Waals surface area contributed by atoms with Crippen LogP contribution in [-0.2, 0) is 27.1 Å². The zero-order chi connectivity index (χ0) is 13.9. The summed E-state index contributed by atoms with van der Waals surface area (Å²) >= 11 is 0. The van der Waals surface area contributed by atoms with Gasteiger partial charge in [-0.3, -0.25) is 0 Å². The van der Waals surface area contributed by atoms with Crippen molar-refractivity contribution in [2.45, 2.75) is 13.0 Å². The molecule has 0 saturated carbocycles. The van der Waals surface area contributed by atoms with Gasteiger partial charge < -0.3 is 14.5 Å². The number of nitrogens with zero attached hydrogens (tertiary/aromatic N) is 4. The molecule has 3 rings (SSSR count). The van der Waals surface area contributed by atoms with Gasteiger partial charge in [-0.1, -0.05) is 12.1 Å². The minimum atomic E-state index is 0.773. The Labute approximate surface area is 118 Å². The van der Waals surface area contributed by atoms with E-state index in [1.807, 2.05) is 37.6 Å².